The fourth-order valence-corrected chi connectivity index (χ4v) is 2.59. The van der Waals surface area contributed by atoms with Crippen LogP contribution >= 0.6 is 0 Å². The Morgan fingerprint density at radius 2 is 1.73 bits per heavy atom. The SMILES string of the molecule is Cc1c(C(=O)Nc2nn[nH]n2)nnn1-c1ccc(-c2ccccc2)cc1. The average molecular weight is 346 g/mol. The predicted molar refractivity (Wildman–Crippen MR) is 93.7 cm³/mol. The molecule has 128 valence electrons. The molecule has 0 atom stereocenters. The smallest absolute Gasteiger partial charge is 0.280 e. The first-order valence-electron chi connectivity index (χ1n) is 7.85. The summed E-state index contributed by atoms with van der Waals surface area (Å²) in [6.07, 6.45) is 0. The predicted octanol–water partition coefficient (Wildman–Crippen LogP) is 2.01. The second kappa shape index (κ2) is 6.55. The first kappa shape index (κ1) is 15.6. The van der Waals surface area contributed by atoms with E-state index in [0.717, 1.165) is 16.8 Å². The lowest BCUT2D eigenvalue weighted by molar-refractivity contribution is 0.102. The van der Waals surface area contributed by atoms with Crippen LogP contribution in [0.25, 0.3) is 16.8 Å². The van der Waals surface area contributed by atoms with Gasteiger partial charge in [0.1, 0.15) is 0 Å². The van der Waals surface area contributed by atoms with E-state index in [1.165, 1.54) is 0 Å². The number of aromatic nitrogens is 7. The Labute approximate surface area is 148 Å². The molecular formula is C17H14N8O. The number of nitrogens with zero attached hydrogens (tertiary/aromatic N) is 6. The molecule has 9 nitrogen and oxygen atoms in total. The third-order valence-corrected chi connectivity index (χ3v) is 3.90. The molecule has 0 radical (unpaired) electrons. The number of hydrogen-bond acceptors (Lipinski definition) is 6. The minimum Gasteiger partial charge on any atom is -0.286 e. The molecule has 0 unspecified atom stereocenters. The summed E-state index contributed by atoms with van der Waals surface area (Å²) in [6, 6.07) is 18.0. The number of aromatic amines is 1. The van der Waals surface area contributed by atoms with Crippen molar-refractivity contribution in [3.8, 4) is 16.8 Å². The summed E-state index contributed by atoms with van der Waals surface area (Å²) < 4.78 is 1.61. The maximum absolute atomic E-state index is 12.3. The minimum absolute atomic E-state index is 0.0798. The number of amides is 1. The quantitative estimate of drug-likeness (QED) is 0.584. The topological polar surface area (TPSA) is 114 Å². The number of carbonyl (C=O) groups is 1. The van der Waals surface area contributed by atoms with Crippen molar-refractivity contribution < 1.29 is 4.79 Å². The molecule has 0 aliphatic rings. The normalized spacial score (nSPS) is 10.7. The van der Waals surface area contributed by atoms with Gasteiger partial charge in [0.15, 0.2) is 5.69 Å². The maximum Gasteiger partial charge on any atom is 0.280 e. The van der Waals surface area contributed by atoms with Crippen LogP contribution in [0.5, 0.6) is 0 Å². The average Bonchev–Trinajstić information content (AvgIpc) is 3.32. The first-order chi connectivity index (χ1) is 12.7. The lowest BCUT2D eigenvalue weighted by atomic mass is 10.1. The Bertz CT molecular complexity index is 1020. The summed E-state index contributed by atoms with van der Waals surface area (Å²) in [4.78, 5) is 12.3. The van der Waals surface area contributed by atoms with Gasteiger partial charge in [0.25, 0.3) is 11.9 Å². The molecule has 26 heavy (non-hydrogen) atoms. The van der Waals surface area contributed by atoms with Gasteiger partial charge >= 0.3 is 0 Å². The summed E-state index contributed by atoms with van der Waals surface area (Å²) in [5, 5.41) is 23.6. The minimum atomic E-state index is -0.448. The van der Waals surface area contributed by atoms with Crippen LogP contribution in [0.2, 0.25) is 0 Å². The summed E-state index contributed by atoms with van der Waals surface area (Å²) in [7, 11) is 0. The molecule has 4 rings (SSSR count). The van der Waals surface area contributed by atoms with Gasteiger partial charge in [-0.05, 0) is 35.4 Å². The molecule has 9 heteroatoms. The molecule has 0 bridgehead atoms. The van der Waals surface area contributed by atoms with Crippen molar-refractivity contribution in [3.05, 3.63) is 66.0 Å². The van der Waals surface area contributed by atoms with E-state index >= 15 is 0 Å². The van der Waals surface area contributed by atoms with Crippen LogP contribution in [0.15, 0.2) is 54.6 Å². The van der Waals surface area contributed by atoms with Gasteiger partial charge in [-0.3, -0.25) is 10.1 Å². The molecule has 0 saturated heterocycles. The van der Waals surface area contributed by atoms with E-state index in [0.29, 0.717) is 5.69 Å². The van der Waals surface area contributed by atoms with Crippen molar-refractivity contribution in [2.45, 2.75) is 6.92 Å². The van der Waals surface area contributed by atoms with Gasteiger partial charge in [-0.25, -0.2) is 4.68 Å². The fraction of sp³-hybridized carbons (Fsp3) is 0.0588. The summed E-state index contributed by atoms with van der Waals surface area (Å²) in [5.41, 5.74) is 3.85. The number of benzene rings is 2. The van der Waals surface area contributed by atoms with Gasteiger partial charge in [-0.15, -0.1) is 10.2 Å². The Kier molecular flexibility index (Phi) is 3.94. The van der Waals surface area contributed by atoms with E-state index in [2.05, 4.69) is 48.4 Å². The molecule has 0 fully saturated rings. The van der Waals surface area contributed by atoms with Crippen molar-refractivity contribution in [3.63, 3.8) is 0 Å². The molecule has 1 amide bonds. The van der Waals surface area contributed by atoms with Crippen LogP contribution in [-0.2, 0) is 0 Å². The number of carbonyl (C=O) groups excluding carboxylic acids is 1. The van der Waals surface area contributed by atoms with Crippen LogP contribution < -0.4 is 5.32 Å². The Balaban J connectivity index is 1.59. The lowest BCUT2D eigenvalue weighted by Gasteiger charge is -2.06. The molecule has 0 aliphatic carbocycles. The third kappa shape index (κ3) is 2.93. The lowest BCUT2D eigenvalue weighted by Crippen LogP contribution is -2.15. The molecule has 2 aromatic heterocycles. The molecular weight excluding hydrogens is 332 g/mol. The standard InChI is InChI=1S/C17H14N8O/c1-11-15(16(26)18-17-20-22-23-21-17)19-24-25(11)14-9-7-13(8-10-14)12-5-3-2-4-6-12/h2-10H,1H3,(H2,18,20,21,22,23,26). The third-order valence-electron chi connectivity index (χ3n) is 3.90. The van der Waals surface area contributed by atoms with Gasteiger partial charge in [0, 0.05) is 0 Å². The molecule has 4 aromatic rings. The van der Waals surface area contributed by atoms with Crippen LogP contribution in [0, 0.1) is 6.92 Å². The van der Waals surface area contributed by atoms with Crippen LogP contribution in [0.3, 0.4) is 0 Å². The van der Waals surface area contributed by atoms with Crippen LogP contribution in [0.1, 0.15) is 16.2 Å². The maximum atomic E-state index is 12.3. The number of anilines is 1. The molecule has 0 spiro atoms. The first-order valence-corrected chi connectivity index (χ1v) is 7.85. The van der Waals surface area contributed by atoms with Gasteiger partial charge in [0.2, 0.25) is 0 Å². The Hall–Kier alpha value is -3.88. The van der Waals surface area contributed by atoms with E-state index in [1.54, 1.807) is 11.6 Å². The monoisotopic (exact) mass is 346 g/mol. The van der Waals surface area contributed by atoms with E-state index in [1.807, 2.05) is 42.5 Å². The molecule has 2 heterocycles. The number of nitrogens with one attached hydrogen (secondary N) is 2. The molecule has 0 aliphatic heterocycles. The van der Waals surface area contributed by atoms with Crippen LogP contribution in [0.4, 0.5) is 5.95 Å². The number of hydrogen-bond donors (Lipinski definition) is 2. The highest BCUT2D eigenvalue weighted by atomic mass is 16.2. The largest absolute Gasteiger partial charge is 0.286 e. The molecule has 2 N–H and O–H groups in total. The van der Waals surface area contributed by atoms with Gasteiger partial charge in [-0.1, -0.05) is 52.8 Å². The van der Waals surface area contributed by atoms with Crippen molar-refractivity contribution in [1.82, 2.24) is 35.6 Å². The zero-order chi connectivity index (χ0) is 17.9. The van der Waals surface area contributed by atoms with Crippen molar-refractivity contribution in [2.24, 2.45) is 0 Å². The highest BCUT2D eigenvalue weighted by molar-refractivity contribution is 6.02. The highest BCUT2D eigenvalue weighted by Crippen LogP contribution is 2.21. The zero-order valence-electron chi connectivity index (χ0n) is 13.8. The van der Waals surface area contributed by atoms with E-state index in [-0.39, 0.29) is 11.6 Å². The number of tetrazole rings is 1. The summed E-state index contributed by atoms with van der Waals surface area (Å²) in [6.45, 7) is 1.77. The van der Waals surface area contributed by atoms with Crippen LogP contribution in [-0.4, -0.2) is 41.5 Å². The number of H-pyrrole nitrogens is 1. The fourth-order valence-electron chi connectivity index (χ4n) is 2.59. The van der Waals surface area contributed by atoms with E-state index in [9.17, 15) is 4.79 Å². The van der Waals surface area contributed by atoms with Crippen molar-refractivity contribution in [1.29, 1.82) is 0 Å². The summed E-state index contributed by atoms with van der Waals surface area (Å²) in [5.74, 6) is -0.368. The van der Waals surface area contributed by atoms with Gasteiger partial charge in [0.05, 0.1) is 11.4 Å². The van der Waals surface area contributed by atoms with E-state index < -0.39 is 5.91 Å². The summed E-state index contributed by atoms with van der Waals surface area (Å²) >= 11 is 0. The van der Waals surface area contributed by atoms with Crippen molar-refractivity contribution >= 4 is 11.9 Å². The molecule has 0 saturated carbocycles. The van der Waals surface area contributed by atoms with E-state index in [4.69, 9.17) is 0 Å². The molecule has 2 aromatic carbocycles. The van der Waals surface area contributed by atoms with Gasteiger partial charge in [-0.2, -0.15) is 5.21 Å². The second-order valence-corrected chi connectivity index (χ2v) is 5.54. The van der Waals surface area contributed by atoms with Crippen molar-refractivity contribution in [2.75, 3.05) is 5.32 Å². The number of rotatable bonds is 4. The Morgan fingerprint density at radius 1 is 1.00 bits per heavy atom. The highest BCUT2D eigenvalue weighted by Gasteiger charge is 2.18. The zero-order valence-corrected chi connectivity index (χ0v) is 13.8. The Morgan fingerprint density at radius 3 is 2.42 bits per heavy atom. The second-order valence-electron chi connectivity index (χ2n) is 5.54. The van der Waals surface area contributed by atoms with Gasteiger partial charge < -0.3 is 0 Å².